The van der Waals surface area contributed by atoms with E-state index >= 15 is 0 Å². The van der Waals surface area contributed by atoms with E-state index in [1.54, 1.807) is 0 Å². The highest BCUT2D eigenvalue weighted by atomic mass is 16.6. The molecule has 0 spiro atoms. The van der Waals surface area contributed by atoms with Gasteiger partial charge < -0.3 is 20.6 Å². The van der Waals surface area contributed by atoms with Crippen molar-refractivity contribution < 1.29 is 14.4 Å². The number of nitrogens with zero attached hydrogens (tertiary/aromatic N) is 1. The van der Waals surface area contributed by atoms with Crippen LogP contribution in [0.5, 0.6) is 0 Å². The minimum atomic E-state index is -0.234. The van der Waals surface area contributed by atoms with Crippen LogP contribution in [0.4, 0.5) is 0 Å². The largest absolute Gasteiger partial charge is 0.384 e. The lowest BCUT2D eigenvalue weighted by atomic mass is 10.1. The van der Waals surface area contributed by atoms with E-state index in [9.17, 15) is 4.79 Å². The number of rotatable bonds is 12. The molecule has 3 N–H and O–H groups in total. The molecule has 1 rings (SSSR count). The summed E-state index contributed by atoms with van der Waals surface area (Å²) >= 11 is 0. The van der Waals surface area contributed by atoms with E-state index in [0.717, 1.165) is 12.8 Å². The van der Waals surface area contributed by atoms with Crippen LogP contribution >= 0.6 is 0 Å². The van der Waals surface area contributed by atoms with Gasteiger partial charge in [0.1, 0.15) is 5.84 Å². The monoisotopic (exact) mass is 335 g/mol. The molecule has 0 atom stereocenters. The SMILES string of the molecule is CC(C)CCOCCNC(=O)CO/N=C(\N)CCc1ccccc1. The van der Waals surface area contributed by atoms with Gasteiger partial charge in [-0.15, -0.1) is 0 Å². The molecule has 0 unspecified atom stereocenters. The second-order valence-electron chi connectivity index (χ2n) is 5.99. The lowest BCUT2D eigenvalue weighted by Crippen LogP contribution is -2.30. The number of oxime groups is 1. The minimum Gasteiger partial charge on any atom is -0.384 e. The van der Waals surface area contributed by atoms with Crippen LogP contribution in [-0.2, 0) is 20.8 Å². The van der Waals surface area contributed by atoms with E-state index < -0.39 is 0 Å². The van der Waals surface area contributed by atoms with Crippen molar-refractivity contribution in [2.45, 2.75) is 33.1 Å². The average Bonchev–Trinajstić information content (AvgIpc) is 2.57. The molecule has 134 valence electrons. The highest BCUT2D eigenvalue weighted by molar-refractivity contribution is 5.80. The van der Waals surface area contributed by atoms with E-state index in [1.807, 2.05) is 30.3 Å². The Bertz CT molecular complexity index is 490. The Labute approximate surface area is 144 Å². The van der Waals surface area contributed by atoms with Gasteiger partial charge in [-0.25, -0.2) is 0 Å². The Balaban J connectivity index is 2.04. The highest BCUT2D eigenvalue weighted by Crippen LogP contribution is 2.02. The predicted octanol–water partition coefficient (Wildman–Crippen LogP) is 2.09. The summed E-state index contributed by atoms with van der Waals surface area (Å²) in [4.78, 5) is 16.5. The van der Waals surface area contributed by atoms with Crippen LogP contribution in [0.2, 0.25) is 0 Å². The van der Waals surface area contributed by atoms with Crippen molar-refractivity contribution in [3.63, 3.8) is 0 Å². The number of amides is 1. The molecule has 0 aliphatic rings. The zero-order valence-corrected chi connectivity index (χ0v) is 14.7. The van der Waals surface area contributed by atoms with Gasteiger partial charge in [0, 0.05) is 19.6 Å². The van der Waals surface area contributed by atoms with Crippen molar-refractivity contribution >= 4 is 11.7 Å². The van der Waals surface area contributed by atoms with Crippen LogP contribution in [0, 0.1) is 5.92 Å². The predicted molar refractivity (Wildman–Crippen MR) is 95.6 cm³/mol. The van der Waals surface area contributed by atoms with Crippen LogP contribution in [0.1, 0.15) is 32.3 Å². The summed E-state index contributed by atoms with van der Waals surface area (Å²) in [5, 5.41) is 6.46. The zero-order chi connectivity index (χ0) is 17.6. The number of carbonyl (C=O) groups excluding carboxylic acids is 1. The zero-order valence-electron chi connectivity index (χ0n) is 14.7. The van der Waals surface area contributed by atoms with E-state index in [1.165, 1.54) is 5.56 Å². The first kappa shape index (κ1) is 20.0. The van der Waals surface area contributed by atoms with Gasteiger partial charge in [-0.2, -0.15) is 0 Å². The molecule has 0 radical (unpaired) electrons. The normalized spacial score (nSPS) is 11.5. The second kappa shape index (κ2) is 12.4. The standard InChI is InChI=1S/C18H29N3O3/c1-15(2)10-12-23-13-11-20-18(22)14-24-21-17(19)9-8-16-6-4-3-5-7-16/h3-7,15H,8-14H2,1-2H3,(H2,19,21)(H,20,22). The van der Waals surface area contributed by atoms with Crippen LogP contribution in [-0.4, -0.2) is 38.1 Å². The summed E-state index contributed by atoms with van der Waals surface area (Å²) < 4.78 is 5.41. The van der Waals surface area contributed by atoms with Crippen molar-refractivity contribution in [2.75, 3.05) is 26.4 Å². The van der Waals surface area contributed by atoms with Crippen molar-refractivity contribution in [1.29, 1.82) is 0 Å². The molecular weight excluding hydrogens is 306 g/mol. The first-order valence-corrected chi connectivity index (χ1v) is 8.40. The molecule has 0 bridgehead atoms. The Morgan fingerprint density at radius 2 is 2.00 bits per heavy atom. The van der Waals surface area contributed by atoms with Gasteiger partial charge in [0.05, 0.1) is 6.61 Å². The fourth-order valence-corrected chi connectivity index (χ4v) is 1.87. The van der Waals surface area contributed by atoms with Crippen LogP contribution in [0.15, 0.2) is 35.5 Å². The smallest absolute Gasteiger partial charge is 0.260 e. The van der Waals surface area contributed by atoms with E-state index in [2.05, 4.69) is 24.3 Å². The molecule has 0 aromatic heterocycles. The van der Waals surface area contributed by atoms with E-state index in [-0.39, 0.29) is 12.5 Å². The van der Waals surface area contributed by atoms with Gasteiger partial charge >= 0.3 is 0 Å². The van der Waals surface area contributed by atoms with Gasteiger partial charge in [0.15, 0.2) is 6.61 Å². The molecule has 6 nitrogen and oxygen atoms in total. The maximum absolute atomic E-state index is 11.5. The summed E-state index contributed by atoms with van der Waals surface area (Å²) in [7, 11) is 0. The van der Waals surface area contributed by atoms with Gasteiger partial charge in [0.2, 0.25) is 0 Å². The van der Waals surface area contributed by atoms with Crippen molar-refractivity contribution in [3.8, 4) is 0 Å². The molecule has 0 fully saturated rings. The second-order valence-corrected chi connectivity index (χ2v) is 5.99. The van der Waals surface area contributed by atoms with Crippen molar-refractivity contribution in [1.82, 2.24) is 5.32 Å². The molecule has 1 aromatic rings. The number of ether oxygens (including phenoxy) is 1. The van der Waals surface area contributed by atoms with Crippen molar-refractivity contribution in [3.05, 3.63) is 35.9 Å². The fourth-order valence-electron chi connectivity index (χ4n) is 1.87. The Kier molecular flexibility index (Phi) is 10.3. The Morgan fingerprint density at radius 3 is 2.71 bits per heavy atom. The third-order valence-corrected chi connectivity index (χ3v) is 3.30. The van der Waals surface area contributed by atoms with Crippen LogP contribution < -0.4 is 11.1 Å². The Morgan fingerprint density at radius 1 is 1.25 bits per heavy atom. The first-order chi connectivity index (χ1) is 11.6. The highest BCUT2D eigenvalue weighted by Gasteiger charge is 2.02. The molecule has 6 heteroatoms. The first-order valence-electron chi connectivity index (χ1n) is 8.40. The van der Waals surface area contributed by atoms with Crippen LogP contribution in [0.25, 0.3) is 0 Å². The third kappa shape index (κ3) is 10.6. The molecule has 24 heavy (non-hydrogen) atoms. The van der Waals surface area contributed by atoms with Gasteiger partial charge in [-0.3, -0.25) is 4.79 Å². The maximum Gasteiger partial charge on any atom is 0.260 e. The average molecular weight is 335 g/mol. The molecule has 0 heterocycles. The maximum atomic E-state index is 11.5. The fraction of sp³-hybridized carbons (Fsp3) is 0.556. The van der Waals surface area contributed by atoms with Gasteiger partial charge in [-0.05, 0) is 24.3 Å². The molecule has 0 saturated heterocycles. The molecule has 1 aromatic carbocycles. The number of amidine groups is 1. The molecule has 0 aliphatic heterocycles. The minimum absolute atomic E-state index is 0.141. The Hall–Kier alpha value is -2.08. The number of carbonyl (C=O) groups is 1. The summed E-state index contributed by atoms with van der Waals surface area (Å²) in [5.41, 5.74) is 6.95. The lowest BCUT2D eigenvalue weighted by Gasteiger charge is -2.07. The van der Waals surface area contributed by atoms with Crippen LogP contribution in [0.3, 0.4) is 0 Å². The summed E-state index contributed by atoms with van der Waals surface area (Å²) in [6.07, 6.45) is 2.41. The summed E-state index contributed by atoms with van der Waals surface area (Å²) in [6.45, 7) is 5.84. The number of hydrogen-bond donors (Lipinski definition) is 2. The summed E-state index contributed by atoms with van der Waals surface area (Å²) in [6, 6.07) is 10.00. The topological polar surface area (TPSA) is 85.9 Å². The molecule has 0 saturated carbocycles. The number of benzene rings is 1. The molecular formula is C18H29N3O3. The summed E-state index contributed by atoms with van der Waals surface area (Å²) in [5.74, 6) is 0.768. The number of nitrogens with two attached hydrogens (primary N) is 1. The number of nitrogens with one attached hydrogen (secondary N) is 1. The van der Waals surface area contributed by atoms with E-state index in [4.69, 9.17) is 15.3 Å². The third-order valence-electron chi connectivity index (χ3n) is 3.30. The molecule has 0 aliphatic carbocycles. The number of aryl methyl sites for hydroxylation is 1. The van der Waals surface area contributed by atoms with Gasteiger partial charge in [-0.1, -0.05) is 49.3 Å². The van der Waals surface area contributed by atoms with Gasteiger partial charge in [0.25, 0.3) is 5.91 Å². The number of hydrogen-bond acceptors (Lipinski definition) is 4. The van der Waals surface area contributed by atoms with Crippen molar-refractivity contribution in [2.24, 2.45) is 16.8 Å². The van der Waals surface area contributed by atoms with E-state index in [0.29, 0.717) is 37.9 Å². The quantitative estimate of drug-likeness (QED) is 0.265. The lowest BCUT2D eigenvalue weighted by molar-refractivity contribution is -0.125. The molecule has 1 amide bonds.